The molecule has 1 aromatic rings. The second kappa shape index (κ2) is 7.09. The summed E-state index contributed by atoms with van der Waals surface area (Å²) < 4.78 is 16.2. The fourth-order valence-corrected chi connectivity index (χ4v) is 2.81. The number of benzene rings is 1. The van der Waals surface area contributed by atoms with Crippen molar-refractivity contribution in [1.82, 2.24) is 0 Å². The summed E-state index contributed by atoms with van der Waals surface area (Å²) in [6.45, 7) is 5.48. The maximum Gasteiger partial charge on any atom is 0.205 e. The van der Waals surface area contributed by atoms with E-state index in [0.29, 0.717) is 35.0 Å². The van der Waals surface area contributed by atoms with Crippen LogP contribution in [0.4, 0.5) is 0 Å². The van der Waals surface area contributed by atoms with E-state index in [1.54, 1.807) is 25.1 Å². The van der Waals surface area contributed by atoms with Crippen LogP contribution in [-0.2, 0) is 9.53 Å². The molecule has 0 fully saturated rings. The lowest BCUT2D eigenvalue weighted by atomic mass is 9.81. The maximum absolute atomic E-state index is 12.1. The molecule has 2 N–H and O–H groups in total. The number of nitrogens with two attached hydrogens (primary N) is 1. The van der Waals surface area contributed by atoms with Gasteiger partial charge in [-0.2, -0.15) is 5.26 Å². The highest BCUT2D eigenvalue weighted by Crippen LogP contribution is 2.41. The molecular weight excluding hydrogens is 308 g/mol. The summed E-state index contributed by atoms with van der Waals surface area (Å²) in [5.74, 6) is 0.764. The Labute approximate surface area is 141 Å². The molecule has 1 heterocycles. The lowest BCUT2D eigenvalue weighted by Gasteiger charge is -2.27. The lowest BCUT2D eigenvalue weighted by molar-refractivity contribution is -0.114. The van der Waals surface area contributed by atoms with Crippen molar-refractivity contribution in [2.45, 2.75) is 26.7 Å². The van der Waals surface area contributed by atoms with Crippen LogP contribution in [0.5, 0.6) is 11.5 Å². The first-order valence-corrected chi connectivity index (χ1v) is 7.54. The molecule has 6 nitrogen and oxygen atoms in total. The van der Waals surface area contributed by atoms with Gasteiger partial charge in [0.25, 0.3) is 0 Å². The number of hydrogen-bond acceptors (Lipinski definition) is 6. The van der Waals surface area contributed by atoms with E-state index in [1.807, 2.05) is 6.92 Å². The number of carbonyl (C=O) groups is 1. The molecule has 0 amide bonds. The molecule has 0 saturated heterocycles. The summed E-state index contributed by atoms with van der Waals surface area (Å²) in [5.41, 5.74) is 7.18. The van der Waals surface area contributed by atoms with E-state index in [-0.39, 0.29) is 17.2 Å². The van der Waals surface area contributed by atoms with Crippen LogP contribution >= 0.6 is 0 Å². The van der Waals surface area contributed by atoms with Gasteiger partial charge < -0.3 is 19.9 Å². The fourth-order valence-electron chi connectivity index (χ4n) is 2.81. The van der Waals surface area contributed by atoms with Gasteiger partial charge in [0.05, 0.1) is 19.6 Å². The minimum Gasteiger partial charge on any atom is -0.493 e. The zero-order valence-corrected chi connectivity index (χ0v) is 14.2. The number of ether oxygens (including phenoxy) is 3. The molecule has 0 aliphatic carbocycles. The first kappa shape index (κ1) is 17.4. The molecular formula is C18H20N2O4. The number of Topliss-reactive ketones (excluding diaryl/α,β-unsaturated/α-hetero) is 1. The highest BCUT2D eigenvalue weighted by Gasteiger charge is 2.34. The minimum atomic E-state index is -0.592. The second-order valence-electron chi connectivity index (χ2n) is 5.29. The normalized spacial score (nSPS) is 17.2. The van der Waals surface area contributed by atoms with E-state index in [9.17, 15) is 10.1 Å². The van der Waals surface area contributed by atoms with E-state index < -0.39 is 5.92 Å². The third-order valence-electron chi connectivity index (χ3n) is 3.81. The van der Waals surface area contributed by atoms with Gasteiger partial charge in [0.1, 0.15) is 17.4 Å². The molecule has 0 radical (unpaired) electrons. The van der Waals surface area contributed by atoms with Crippen LogP contribution in [0, 0.1) is 11.3 Å². The molecule has 126 valence electrons. The number of nitriles is 1. The maximum atomic E-state index is 12.1. The molecule has 0 bridgehead atoms. The van der Waals surface area contributed by atoms with Crippen LogP contribution in [0.1, 0.15) is 32.3 Å². The van der Waals surface area contributed by atoms with Crippen molar-refractivity contribution < 1.29 is 19.0 Å². The zero-order valence-electron chi connectivity index (χ0n) is 14.2. The van der Waals surface area contributed by atoms with Crippen LogP contribution in [0.15, 0.2) is 41.0 Å². The Hall–Kier alpha value is -2.94. The molecule has 0 saturated carbocycles. The summed E-state index contributed by atoms with van der Waals surface area (Å²) in [6.07, 6.45) is 0. The highest BCUT2D eigenvalue weighted by molar-refractivity contribution is 5.96. The number of allylic oxidation sites excluding steroid dienone is 3. The average Bonchev–Trinajstić information content (AvgIpc) is 2.54. The summed E-state index contributed by atoms with van der Waals surface area (Å²) >= 11 is 0. The Bertz CT molecular complexity index is 772. The van der Waals surface area contributed by atoms with Crippen molar-refractivity contribution >= 4 is 5.78 Å². The Morgan fingerprint density at radius 1 is 1.42 bits per heavy atom. The fraction of sp³-hybridized carbons (Fsp3) is 0.333. The van der Waals surface area contributed by atoms with E-state index in [4.69, 9.17) is 19.9 Å². The topological polar surface area (TPSA) is 94.6 Å². The molecule has 1 atom stereocenters. The van der Waals surface area contributed by atoms with Crippen LogP contribution in [0.3, 0.4) is 0 Å². The SMILES string of the molecule is CCOc1ccc([C@H]2C(C#N)=C(N)OC(C)=C2C(C)=O)cc1OC. The summed E-state index contributed by atoms with van der Waals surface area (Å²) in [5, 5.41) is 9.49. The third-order valence-corrected chi connectivity index (χ3v) is 3.81. The summed E-state index contributed by atoms with van der Waals surface area (Å²) in [7, 11) is 1.54. The summed E-state index contributed by atoms with van der Waals surface area (Å²) in [6, 6.07) is 7.36. The average molecular weight is 328 g/mol. The van der Waals surface area contributed by atoms with Gasteiger partial charge in [-0.1, -0.05) is 6.07 Å². The number of carbonyl (C=O) groups excluding carboxylic acids is 1. The van der Waals surface area contributed by atoms with Crippen molar-refractivity contribution in [2.24, 2.45) is 5.73 Å². The molecule has 1 aliphatic rings. The van der Waals surface area contributed by atoms with Crippen LogP contribution in [0.2, 0.25) is 0 Å². The Morgan fingerprint density at radius 2 is 2.12 bits per heavy atom. The van der Waals surface area contributed by atoms with Crippen molar-refractivity contribution in [1.29, 1.82) is 5.26 Å². The molecule has 0 spiro atoms. The predicted octanol–water partition coefficient (Wildman–Crippen LogP) is 2.76. The van der Waals surface area contributed by atoms with Gasteiger partial charge in [-0.3, -0.25) is 4.79 Å². The molecule has 0 unspecified atom stereocenters. The van der Waals surface area contributed by atoms with E-state index in [2.05, 4.69) is 6.07 Å². The van der Waals surface area contributed by atoms with Crippen LogP contribution < -0.4 is 15.2 Å². The smallest absolute Gasteiger partial charge is 0.205 e. The third kappa shape index (κ3) is 3.06. The van der Waals surface area contributed by atoms with Gasteiger partial charge in [0, 0.05) is 5.57 Å². The molecule has 1 aromatic carbocycles. The largest absolute Gasteiger partial charge is 0.493 e. The zero-order chi connectivity index (χ0) is 17.9. The van der Waals surface area contributed by atoms with E-state index in [0.717, 1.165) is 0 Å². The van der Waals surface area contributed by atoms with E-state index >= 15 is 0 Å². The lowest BCUT2D eigenvalue weighted by Crippen LogP contribution is -2.23. The van der Waals surface area contributed by atoms with Gasteiger partial charge in [-0.15, -0.1) is 0 Å². The van der Waals surface area contributed by atoms with Gasteiger partial charge in [-0.25, -0.2) is 0 Å². The molecule has 24 heavy (non-hydrogen) atoms. The molecule has 0 aromatic heterocycles. The van der Waals surface area contributed by atoms with Gasteiger partial charge >= 0.3 is 0 Å². The first-order chi connectivity index (χ1) is 11.4. The molecule has 6 heteroatoms. The number of rotatable bonds is 5. The van der Waals surface area contributed by atoms with Gasteiger partial charge in [0.2, 0.25) is 5.88 Å². The van der Waals surface area contributed by atoms with Crippen molar-refractivity contribution in [2.75, 3.05) is 13.7 Å². The van der Waals surface area contributed by atoms with Crippen molar-refractivity contribution in [3.05, 3.63) is 46.6 Å². The standard InChI is InChI=1S/C18H20N2O4/c1-5-23-14-7-6-12(8-15(14)22-4)17-13(9-19)18(20)24-11(3)16(17)10(2)21/h6-8,17H,5,20H2,1-4H3/t17-/m0/s1. The molecule has 2 rings (SSSR count). The van der Waals surface area contributed by atoms with E-state index in [1.165, 1.54) is 14.0 Å². The van der Waals surface area contributed by atoms with Crippen molar-refractivity contribution in [3.8, 4) is 17.6 Å². The second-order valence-corrected chi connectivity index (χ2v) is 5.29. The van der Waals surface area contributed by atoms with Crippen LogP contribution in [0.25, 0.3) is 0 Å². The Morgan fingerprint density at radius 3 is 2.67 bits per heavy atom. The number of nitrogens with zero attached hydrogens (tertiary/aromatic N) is 1. The quantitative estimate of drug-likeness (QED) is 0.893. The number of methoxy groups -OCH3 is 1. The monoisotopic (exact) mass is 328 g/mol. The van der Waals surface area contributed by atoms with Gasteiger partial charge in [0.15, 0.2) is 17.3 Å². The molecule has 1 aliphatic heterocycles. The predicted molar refractivity (Wildman–Crippen MR) is 88.2 cm³/mol. The van der Waals surface area contributed by atoms with Gasteiger partial charge in [-0.05, 0) is 38.5 Å². The van der Waals surface area contributed by atoms with Crippen molar-refractivity contribution in [3.63, 3.8) is 0 Å². The first-order valence-electron chi connectivity index (χ1n) is 7.54. The Kier molecular flexibility index (Phi) is 5.14. The number of hydrogen-bond donors (Lipinski definition) is 1. The highest BCUT2D eigenvalue weighted by atomic mass is 16.5. The summed E-state index contributed by atoms with van der Waals surface area (Å²) in [4.78, 5) is 12.1. The minimum absolute atomic E-state index is 0.0119. The van der Waals surface area contributed by atoms with Crippen LogP contribution in [-0.4, -0.2) is 19.5 Å². The number of ketones is 1. The Balaban J connectivity index is 2.63.